The Bertz CT molecular complexity index is 532. The van der Waals surface area contributed by atoms with E-state index in [1.807, 2.05) is 0 Å². The summed E-state index contributed by atoms with van der Waals surface area (Å²) in [6.07, 6.45) is 0. The first kappa shape index (κ1) is 11.5. The van der Waals surface area contributed by atoms with Gasteiger partial charge in [-0.2, -0.15) is 4.39 Å². The van der Waals surface area contributed by atoms with Crippen LogP contribution in [0.5, 0.6) is 11.6 Å². The summed E-state index contributed by atoms with van der Waals surface area (Å²) in [6.45, 7) is -0.247. The Morgan fingerprint density at radius 1 is 1.12 bits per heavy atom. The van der Waals surface area contributed by atoms with Gasteiger partial charge < -0.3 is 9.84 Å². The summed E-state index contributed by atoms with van der Waals surface area (Å²) in [6, 6.07) is 8.32. The highest BCUT2D eigenvalue weighted by Gasteiger charge is 2.10. The molecule has 0 saturated heterocycles. The molecule has 0 aliphatic rings. The maximum absolute atomic E-state index is 13.3. The summed E-state index contributed by atoms with van der Waals surface area (Å²) in [7, 11) is 0. The predicted molar refractivity (Wildman–Crippen MR) is 56.6 cm³/mol. The second kappa shape index (κ2) is 4.88. The number of hydrogen-bond donors (Lipinski definition) is 1. The van der Waals surface area contributed by atoms with Crippen LogP contribution in [0.15, 0.2) is 36.4 Å². The normalized spacial score (nSPS) is 10.3. The van der Waals surface area contributed by atoms with Gasteiger partial charge in [-0.1, -0.05) is 12.1 Å². The molecule has 0 unspecified atom stereocenters. The van der Waals surface area contributed by atoms with Gasteiger partial charge in [-0.15, -0.1) is 0 Å². The first-order chi connectivity index (χ1) is 8.20. The maximum atomic E-state index is 13.3. The first-order valence-corrected chi connectivity index (χ1v) is 4.89. The molecule has 2 rings (SSSR count). The van der Waals surface area contributed by atoms with Gasteiger partial charge in [0.05, 0.1) is 12.3 Å². The van der Waals surface area contributed by atoms with Gasteiger partial charge >= 0.3 is 0 Å². The van der Waals surface area contributed by atoms with Crippen molar-refractivity contribution >= 4 is 0 Å². The molecule has 1 heterocycles. The van der Waals surface area contributed by atoms with E-state index in [0.717, 1.165) is 6.07 Å². The lowest BCUT2D eigenvalue weighted by Crippen LogP contribution is -1.95. The zero-order valence-electron chi connectivity index (χ0n) is 8.73. The Labute approximate surface area is 96.3 Å². The second-order valence-corrected chi connectivity index (χ2v) is 3.28. The topological polar surface area (TPSA) is 42.4 Å². The highest BCUT2D eigenvalue weighted by molar-refractivity contribution is 5.29. The zero-order valence-corrected chi connectivity index (χ0v) is 8.73. The largest absolute Gasteiger partial charge is 0.436 e. The summed E-state index contributed by atoms with van der Waals surface area (Å²) >= 11 is 0. The molecule has 2 aromatic rings. The van der Waals surface area contributed by atoms with E-state index in [-0.39, 0.29) is 18.2 Å². The van der Waals surface area contributed by atoms with Crippen LogP contribution in [0.1, 0.15) is 5.69 Å². The number of aliphatic hydroxyl groups is 1. The van der Waals surface area contributed by atoms with E-state index >= 15 is 0 Å². The molecule has 0 amide bonds. The quantitative estimate of drug-likeness (QED) is 0.892. The number of benzene rings is 1. The Hall–Kier alpha value is -2.01. The molecule has 0 radical (unpaired) electrons. The molecular weight excluding hydrogens is 228 g/mol. The number of ether oxygens (including phenoxy) is 1. The molecule has 88 valence electrons. The lowest BCUT2D eigenvalue weighted by molar-refractivity contribution is 0.275. The fraction of sp³-hybridized carbons (Fsp3) is 0.0833. The van der Waals surface area contributed by atoms with E-state index in [0.29, 0.717) is 5.69 Å². The van der Waals surface area contributed by atoms with Gasteiger partial charge in [-0.25, -0.2) is 9.37 Å². The molecule has 0 aliphatic heterocycles. The van der Waals surface area contributed by atoms with Crippen molar-refractivity contribution in [3.63, 3.8) is 0 Å². The van der Waals surface area contributed by atoms with Gasteiger partial charge in [0, 0.05) is 6.07 Å². The number of nitrogens with zero attached hydrogens (tertiary/aromatic N) is 1. The minimum absolute atomic E-state index is 0.0982. The van der Waals surface area contributed by atoms with E-state index in [1.54, 1.807) is 12.1 Å². The molecule has 3 nitrogen and oxygen atoms in total. The van der Waals surface area contributed by atoms with Crippen molar-refractivity contribution in [2.24, 2.45) is 0 Å². The van der Waals surface area contributed by atoms with E-state index < -0.39 is 11.6 Å². The van der Waals surface area contributed by atoms with Gasteiger partial charge in [-0.05, 0) is 18.2 Å². The molecule has 1 aromatic heterocycles. The number of pyridine rings is 1. The lowest BCUT2D eigenvalue weighted by Gasteiger charge is -2.06. The molecule has 0 aliphatic carbocycles. The van der Waals surface area contributed by atoms with Crippen molar-refractivity contribution in [1.29, 1.82) is 0 Å². The van der Waals surface area contributed by atoms with E-state index in [4.69, 9.17) is 9.84 Å². The SMILES string of the molecule is OCc1cccc(Oc2cccc(F)c2F)n1. The number of rotatable bonds is 3. The van der Waals surface area contributed by atoms with E-state index in [2.05, 4.69) is 4.98 Å². The zero-order chi connectivity index (χ0) is 12.3. The first-order valence-electron chi connectivity index (χ1n) is 4.89. The lowest BCUT2D eigenvalue weighted by atomic mass is 10.3. The minimum Gasteiger partial charge on any atom is -0.436 e. The van der Waals surface area contributed by atoms with Crippen molar-refractivity contribution < 1.29 is 18.6 Å². The number of aromatic nitrogens is 1. The smallest absolute Gasteiger partial charge is 0.219 e. The third-order valence-corrected chi connectivity index (χ3v) is 2.07. The monoisotopic (exact) mass is 237 g/mol. The van der Waals surface area contributed by atoms with Crippen molar-refractivity contribution in [2.45, 2.75) is 6.61 Å². The fourth-order valence-electron chi connectivity index (χ4n) is 1.28. The van der Waals surface area contributed by atoms with Crippen LogP contribution in [0.25, 0.3) is 0 Å². The molecule has 0 atom stereocenters. The highest BCUT2D eigenvalue weighted by atomic mass is 19.2. The van der Waals surface area contributed by atoms with Gasteiger partial charge in [0.25, 0.3) is 0 Å². The van der Waals surface area contributed by atoms with Crippen molar-refractivity contribution in [2.75, 3.05) is 0 Å². The van der Waals surface area contributed by atoms with E-state index in [9.17, 15) is 8.78 Å². The molecule has 5 heteroatoms. The predicted octanol–water partition coefficient (Wildman–Crippen LogP) is 2.64. The van der Waals surface area contributed by atoms with Crippen LogP contribution in [-0.4, -0.2) is 10.1 Å². The average Bonchev–Trinajstić information content (AvgIpc) is 2.35. The number of hydrogen-bond acceptors (Lipinski definition) is 3. The molecule has 0 spiro atoms. The molecule has 0 fully saturated rings. The minimum atomic E-state index is -1.07. The van der Waals surface area contributed by atoms with Crippen molar-refractivity contribution in [3.8, 4) is 11.6 Å². The summed E-state index contributed by atoms with van der Waals surface area (Å²) in [5, 5.41) is 8.87. The van der Waals surface area contributed by atoms with Crippen LogP contribution in [0.4, 0.5) is 8.78 Å². The Morgan fingerprint density at radius 3 is 2.65 bits per heavy atom. The fourth-order valence-corrected chi connectivity index (χ4v) is 1.28. The van der Waals surface area contributed by atoms with E-state index in [1.165, 1.54) is 18.2 Å². The molecule has 0 bridgehead atoms. The molecular formula is C12H9F2NO2. The van der Waals surface area contributed by atoms with Crippen molar-refractivity contribution in [1.82, 2.24) is 4.98 Å². The third-order valence-electron chi connectivity index (χ3n) is 2.07. The van der Waals surface area contributed by atoms with Crippen LogP contribution in [-0.2, 0) is 6.61 Å². The number of aliphatic hydroxyl groups excluding tert-OH is 1. The van der Waals surface area contributed by atoms with Gasteiger partial charge in [0.15, 0.2) is 11.6 Å². The molecule has 0 saturated carbocycles. The van der Waals surface area contributed by atoms with Crippen LogP contribution >= 0.6 is 0 Å². The summed E-state index contributed by atoms with van der Waals surface area (Å²) in [5.41, 5.74) is 0.388. The third kappa shape index (κ3) is 2.57. The van der Waals surface area contributed by atoms with Crippen LogP contribution in [0.2, 0.25) is 0 Å². The highest BCUT2D eigenvalue weighted by Crippen LogP contribution is 2.24. The van der Waals surface area contributed by atoms with Crippen LogP contribution in [0, 0.1) is 11.6 Å². The number of halogens is 2. The van der Waals surface area contributed by atoms with Crippen molar-refractivity contribution in [3.05, 3.63) is 53.7 Å². The summed E-state index contributed by atoms with van der Waals surface area (Å²) in [4.78, 5) is 3.90. The van der Waals surface area contributed by atoms with Crippen LogP contribution in [0.3, 0.4) is 0 Å². The summed E-state index contributed by atoms with van der Waals surface area (Å²) in [5.74, 6) is -2.20. The molecule has 1 aromatic carbocycles. The molecule has 1 N–H and O–H groups in total. The Kier molecular flexibility index (Phi) is 3.30. The standard InChI is InChI=1S/C12H9F2NO2/c13-9-4-2-5-10(12(9)14)17-11-6-1-3-8(7-16)15-11/h1-6,16H,7H2. The van der Waals surface area contributed by atoms with Gasteiger partial charge in [0.2, 0.25) is 11.7 Å². The van der Waals surface area contributed by atoms with Gasteiger partial charge in [-0.3, -0.25) is 0 Å². The Balaban J connectivity index is 2.28. The van der Waals surface area contributed by atoms with Crippen LogP contribution < -0.4 is 4.74 Å². The average molecular weight is 237 g/mol. The molecule has 17 heavy (non-hydrogen) atoms. The second-order valence-electron chi connectivity index (χ2n) is 3.28. The van der Waals surface area contributed by atoms with Gasteiger partial charge in [0.1, 0.15) is 0 Å². The maximum Gasteiger partial charge on any atom is 0.219 e. The Morgan fingerprint density at radius 2 is 1.88 bits per heavy atom. The summed E-state index contributed by atoms with van der Waals surface area (Å²) < 4.78 is 31.3.